The zero-order valence-corrected chi connectivity index (χ0v) is 10.9. The first-order valence-electron chi connectivity index (χ1n) is 6.68. The summed E-state index contributed by atoms with van der Waals surface area (Å²) in [5.74, 6) is 0.828. The van der Waals surface area contributed by atoms with E-state index in [9.17, 15) is 4.79 Å². The summed E-state index contributed by atoms with van der Waals surface area (Å²) in [6.45, 7) is 0.673. The smallest absolute Gasteiger partial charge is 0.235 e. The predicted octanol–water partition coefficient (Wildman–Crippen LogP) is 3.22. The summed E-state index contributed by atoms with van der Waals surface area (Å²) in [4.78, 5) is 19.0. The Balaban J connectivity index is 1.96. The minimum atomic E-state index is 0.112. The quantitative estimate of drug-likeness (QED) is 0.676. The maximum atomic E-state index is 12.2. The van der Waals surface area contributed by atoms with Gasteiger partial charge in [-0.1, -0.05) is 30.3 Å². The van der Waals surface area contributed by atoms with Gasteiger partial charge in [-0.05, 0) is 24.3 Å². The van der Waals surface area contributed by atoms with E-state index < -0.39 is 0 Å². The fourth-order valence-electron chi connectivity index (χ4n) is 2.71. The van der Waals surface area contributed by atoms with E-state index in [-0.39, 0.29) is 5.91 Å². The second-order valence-electron chi connectivity index (χ2n) is 4.87. The topological polar surface area (TPSA) is 38.1 Å². The van der Waals surface area contributed by atoms with Crippen LogP contribution in [0.4, 0.5) is 11.6 Å². The molecule has 0 bridgehead atoms. The van der Waals surface area contributed by atoms with Gasteiger partial charge in [0.25, 0.3) is 0 Å². The normalized spacial score (nSPS) is 14.6. The molecule has 4 rings (SSSR count). The van der Waals surface area contributed by atoms with Crippen molar-refractivity contribution in [2.45, 2.75) is 6.42 Å². The van der Waals surface area contributed by atoms with Crippen LogP contribution in [0.2, 0.25) is 0 Å². The molecular formula is C16H13N3O. The van der Waals surface area contributed by atoms with Crippen LogP contribution in [0.15, 0.2) is 54.6 Å². The Bertz CT molecular complexity index is 792. The van der Waals surface area contributed by atoms with Gasteiger partial charge in [-0.2, -0.15) is 0 Å². The van der Waals surface area contributed by atoms with Crippen molar-refractivity contribution in [2.24, 2.45) is 0 Å². The summed E-state index contributed by atoms with van der Waals surface area (Å²) in [6, 6.07) is 17.8. The molecule has 0 atom stereocenters. The molecule has 2 aromatic carbocycles. The molecule has 0 aliphatic carbocycles. The highest BCUT2D eigenvalue weighted by molar-refractivity contribution is 5.96. The number of anilines is 2. The lowest BCUT2D eigenvalue weighted by Crippen LogP contribution is -2.32. The Morgan fingerprint density at radius 1 is 0.950 bits per heavy atom. The van der Waals surface area contributed by atoms with Gasteiger partial charge >= 0.3 is 0 Å². The molecule has 0 fully saturated rings. The van der Waals surface area contributed by atoms with Gasteiger partial charge in [-0.3, -0.25) is 4.79 Å². The number of para-hydroxylation sites is 3. The number of fused-ring (bicyclic) bond motifs is 3. The van der Waals surface area contributed by atoms with Crippen molar-refractivity contribution < 1.29 is 4.79 Å². The maximum Gasteiger partial charge on any atom is 0.235 e. The second-order valence-corrected chi connectivity index (χ2v) is 4.87. The number of benzene rings is 2. The summed E-state index contributed by atoms with van der Waals surface area (Å²) in [7, 11) is 0. The molecule has 0 saturated heterocycles. The summed E-state index contributed by atoms with van der Waals surface area (Å²) in [5, 5.41) is 0. The van der Waals surface area contributed by atoms with Crippen molar-refractivity contribution in [1.29, 1.82) is 0 Å². The van der Waals surface area contributed by atoms with Crippen molar-refractivity contribution in [3.05, 3.63) is 54.6 Å². The number of hydrogen-bond acceptors (Lipinski definition) is 3. The molecule has 1 aromatic heterocycles. The van der Waals surface area contributed by atoms with Crippen molar-refractivity contribution in [3.63, 3.8) is 0 Å². The van der Waals surface area contributed by atoms with Gasteiger partial charge in [0.2, 0.25) is 11.9 Å². The molecule has 4 heteroatoms. The number of carbonyl (C=O) groups is 1. The molecule has 3 aromatic rings. The van der Waals surface area contributed by atoms with Crippen molar-refractivity contribution in [3.8, 4) is 0 Å². The fraction of sp³-hybridized carbons (Fsp3) is 0.125. The van der Waals surface area contributed by atoms with E-state index >= 15 is 0 Å². The van der Waals surface area contributed by atoms with Gasteiger partial charge in [-0.15, -0.1) is 0 Å². The molecular weight excluding hydrogens is 250 g/mol. The number of aromatic nitrogens is 2. The Hall–Kier alpha value is -2.62. The number of rotatable bonds is 1. The predicted molar refractivity (Wildman–Crippen MR) is 78.4 cm³/mol. The Labute approximate surface area is 116 Å². The molecule has 0 unspecified atom stereocenters. The number of carbonyl (C=O) groups excluding carboxylic acids is 1. The Morgan fingerprint density at radius 2 is 1.70 bits per heavy atom. The largest absolute Gasteiger partial charge is 0.311 e. The second kappa shape index (κ2) is 4.20. The number of imidazole rings is 1. The lowest BCUT2D eigenvalue weighted by Gasteiger charge is -2.28. The monoisotopic (exact) mass is 263 g/mol. The standard InChI is InChI=1S/C16H13N3O/c20-15-10-11-18(12-6-2-1-3-7-12)16-17-13-8-4-5-9-14(13)19(15)16/h1-9H,10-11H2. The average Bonchev–Trinajstić information content (AvgIpc) is 2.88. The molecule has 1 aliphatic rings. The summed E-state index contributed by atoms with van der Waals surface area (Å²) < 4.78 is 1.73. The summed E-state index contributed by atoms with van der Waals surface area (Å²) in [6.07, 6.45) is 0.502. The molecule has 20 heavy (non-hydrogen) atoms. The highest BCUT2D eigenvalue weighted by Crippen LogP contribution is 2.31. The van der Waals surface area contributed by atoms with Crippen molar-refractivity contribution in [2.75, 3.05) is 11.4 Å². The molecule has 0 radical (unpaired) electrons. The first kappa shape index (κ1) is 11.2. The van der Waals surface area contributed by atoms with Crippen LogP contribution in [0.25, 0.3) is 11.0 Å². The minimum Gasteiger partial charge on any atom is -0.311 e. The van der Waals surface area contributed by atoms with Crippen LogP contribution in [0, 0.1) is 0 Å². The fourth-order valence-corrected chi connectivity index (χ4v) is 2.71. The molecule has 0 spiro atoms. The van der Waals surface area contributed by atoms with Crippen molar-refractivity contribution >= 4 is 28.6 Å². The van der Waals surface area contributed by atoms with E-state index in [4.69, 9.17) is 0 Å². The van der Waals surface area contributed by atoms with Crippen LogP contribution >= 0.6 is 0 Å². The zero-order chi connectivity index (χ0) is 13.5. The van der Waals surface area contributed by atoms with Crippen LogP contribution in [-0.2, 0) is 0 Å². The van der Waals surface area contributed by atoms with Gasteiger partial charge in [0.05, 0.1) is 11.0 Å². The minimum absolute atomic E-state index is 0.112. The lowest BCUT2D eigenvalue weighted by atomic mass is 10.2. The molecule has 2 heterocycles. The summed E-state index contributed by atoms with van der Waals surface area (Å²) in [5.41, 5.74) is 2.81. The SMILES string of the molecule is O=C1CCN(c2ccccc2)c2nc3ccccc3n21. The zero-order valence-electron chi connectivity index (χ0n) is 10.9. The van der Waals surface area contributed by atoms with Gasteiger partial charge in [0.1, 0.15) is 0 Å². The van der Waals surface area contributed by atoms with Crippen LogP contribution in [0.1, 0.15) is 11.2 Å². The van der Waals surface area contributed by atoms with Crippen LogP contribution in [0.3, 0.4) is 0 Å². The van der Waals surface area contributed by atoms with Crippen LogP contribution < -0.4 is 4.90 Å². The van der Waals surface area contributed by atoms with E-state index in [1.807, 2.05) is 54.6 Å². The highest BCUT2D eigenvalue weighted by Gasteiger charge is 2.27. The first-order chi connectivity index (χ1) is 9.84. The van der Waals surface area contributed by atoms with Crippen LogP contribution in [0.5, 0.6) is 0 Å². The van der Waals surface area contributed by atoms with Gasteiger partial charge in [0, 0.05) is 18.7 Å². The summed E-state index contributed by atoms with van der Waals surface area (Å²) >= 11 is 0. The first-order valence-corrected chi connectivity index (χ1v) is 6.68. The van der Waals surface area contributed by atoms with Crippen LogP contribution in [-0.4, -0.2) is 22.0 Å². The third-order valence-electron chi connectivity index (χ3n) is 3.65. The van der Waals surface area contributed by atoms with Crippen molar-refractivity contribution in [1.82, 2.24) is 9.55 Å². The molecule has 4 nitrogen and oxygen atoms in total. The number of hydrogen-bond donors (Lipinski definition) is 0. The third-order valence-corrected chi connectivity index (χ3v) is 3.65. The molecule has 0 amide bonds. The number of nitrogens with zero attached hydrogens (tertiary/aromatic N) is 3. The van der Waals surface area contributed by atoms with E-state index in [0.29, 0.717) is 18.9 Å². The highest BCUT2D eigenvalue weighted by atomic mass is 16.2. The van der Waals surface area contributed by atoms with E-state index in [1.165, 1.54) is 0 Å². The molecule has 1 aliphatic heterocycles. The lowest BCUT2D eigenvalue weighted by molar-refractivity contribution is 0.0903. The van der Waals surface area contributed by atoms with E-state index in [0.717, 1.165) is 16.7 Å². The van der Waals surface area contributed by atoms with Gasteiger partial charge in [-0.25, -0.2) is 9.55 Å². The molecule has 0 saturated carbocycles. The Morgan fingerprint density at radius 3 is 2.55 bits per heavy atom. The third kappa shape index (κ3) is 1.54. The van der Waals surface area contributed by atoms with E-state index in [1.54, 1.807) is 4.57 Å². The molecule has 0 N–H and O–H groups in total. The van der Waals surface area contributed by atoms with E-state index in [2.05, 4.69) is 9.88 Å². The average molecular weight is 263 g/mol. The Kier molecular flexibility index (Phi) is 2.36. The van der Waals surface area contributed by atoms with Gasteiger partial charge in [0.15, 0.2) is 0 Å². The maximum absolute atomic E-state index is 12.2. The molecule has 98 valence electrons. The van der Waals surface area contributed by atoms with Gasteiger partial charge < -0.3 is 4.90 Å².